The van der Waals surface area contributed by atoms with Gasteiger partial charge in [0, 0.05) is 28.7 Å². The molecule has 0 saturated heterocycles. The molecule has 0 fully saturated rings. The van der Waals surface area contributed by atoms with E-state index in [1.54, 1.807) is 0 Å². The highest BCUT2D eigenvalue weighted by Crippen LogP contribution is 2.30. The van der Waals surface area contributed by atoms with Crippen LogP contribution in [-0.4, -0.2) is 26.3 Å². The van der Waals surface area contributed by atoms with Crippen molar-refractivity contribution in [1.29, 1.82) is 0 Å². The van der Waals surface area contributed by atoms with Crippen molar-refractivity contribution in [3.05, 3.63) is 77.8 Å². The van der Waals surface area contributed by atoms with Gasteiger partial charge in [0.1, 0.15) is 6.33 Å². The van der Waals surface area contributed by atoms with Crippen LogP contribution in [0, 0.1) is 13.8 Å². The average Bonchev–Trinajstić information content (AvgIpc) is 3.21. The highest BCUT2D eigenvalue weighted by Gasteiger charge is 2.31. The molecule has 34 heavy (non-hydrogen) atoms. The minimum atomic E-state index is -4.57. The number of hydrogen-bond acceptors (Lipinski definition) is 6. The molecule has 0 radical (unpaired) electrons. The van der Waals surface area contributed by atoms with Gasteiger partial charge in [-0.05, 0) is 30.2 Å². The van der Waals surface area contributed by atoms with Crippen LogP contribution in [-0.2, 0) is 12.7 Å². The summed E-state index contributed by atoms with van der Waals surface area (Å²) >= 11 is 0. The quantitative estimate of drug-likeness (QED) is 0.424. The molecular weight excluding hydrogens is 451 g/mol. The van der Waals surface area contributed by atoms with E-state index in [1.807, 2.05) is 38.1 Å². The van der Waals surface area contributed by atoms with Gasteiger partial charge in [-0.15, -0.1) is 0 Å². The number of carbonyl (C=O) groups is 1. The van der Waals surface area contributed by atoms with Crippen LogP contribution in [0.5, 0.6) is 0 Å². The second kappa shape index (κ2) is 9.25. The van der Waals surface area contributed by atoms with Gasteiger partial charge in [-0.2, -0.15) is 13.2 Å². The van der Waals surface area contributed by atoms with Crippen LogP contribution in [0.15, 0.2) is 59.8 Å². The lowest BCUT2D eigenvalue weighted by atomic mass is 10.0. The van der Waals surface area contributed by atoms with Crippen LogP contribution in [0.3, 0.4) is 0 Å². The number of halogens is 3. The Labute approximate surface area is 191 Å². The predicted octanol–water partition coefficient (Wildman–Crippen LogP) is 4.14. The Hall–Kier alpha value is -4.35. The first kappa shape index (κ1) is 22.8. The fraction of sp³-hybridized carbons (Fsp3) is 0.182. The van der Waals surface area contributed by atoms with Gasteiger partial charge in [0.25, 0.3) is 6.20 Å². The second-order valence-corrected chi connectivity index (χ2v) is 7.42. The van der Waals surface area contributed by atoms with E-state index in [-0.39, 0.29) is 11.6 Å². The number of alkyl halides is 3. The molecule has 2 amide bonds. The van der Waals surface area contributed by atoms with Crippen molar-refractivity contribution in [2.24, 2.45) is 0 Å². The SMILES string of the molecule is Cc1ncnc(C)c1-c1ccc(C[n+]2cc(NC(=O)Nc3cncc(C(F)(F)F)c3)on2)cc1. The van der Waals surface area contributed by atoms with Crippen molar-refractivity contribution in [2.75, 3.05) is 10.6 Å². The highest BCUT2D eigenvalue weighted by atomic mass is 19.4. The predicted molar refractivity (Wildman–Crippen MR) is 115 cm³/mol. The maximum Gasteiger partial charge on any atom is 0.417 e. The Morgan fingerprint density at radius 1 is 1.06 bits per heavy atom. The lowest BCUT2D eigenvalue weighted by Crippen LogP contribution is -2.35. The molecular formula is C22H19F3N7O2+. The number of aryl methyl sites for hydroxylation is 2. The fourth-order valence-electron chi connectivity index (χ4n) is 3.32. The number of nitrogens with zero attached hydrogens (tertiary/aromatic N) is 5. The third-order valence-electron chi connectivity index (χ3n) is 4.88. The minimum Gasteiger partial charge on any atom is -0.306 e. The summed E-state index contributed by atoms with van der Waals surface area (Å²) in [5, 5.41) is 8.49. The van der Waals surface area contributed by atoms with Gasteiger partial charge in [-0.1, -0.05) is 24.3 Å². The standard InChI is InChI=1S/C22H18F3N7O2/c1-13-20(14(2)28-12-27-13)16-5-3-15(4-6-16)10-32-11-19(34-31-32)30-21(33)29-18-7-17(8-26-9-18)22(23,24)25/h3-9,11-12H,10H2,1-2H3,(H-,29,30,31,33)/p+1. The van der Waals surface area contributed by atoms with E-state index >= 15 is 0 Å². The number of rotatable bonds is 5. The number of pyridine rings is 1. The number of nitrogens with one attached hydrogen (secondary N) is 2. The molecule has 2 N–H and O–H groups in total. The van der Waals surface area contributed by atoms with E-state index in [2.05, 4.69) is 30.9 Å². The third-order valence-corrected chi connectivity index (χ3v) is 4.88. The Bertz CT molecular complexity index is 1300. The molecule has 0 atom stereocenters. The number of benzene rings is 1. The van der Waals surface area contributed by atoms with Gasteiger partial charge in [0.2, 0.25) is 11.8 Å². The molecule has 1 aromatic carbocycles. The fourth-order valence-corrected chi connectivity index (χ4v) is 3.32. The number of urea groups is 1. The molecule has 174 valence electrons. The largest absolute Gasteiger partial charge is 0.417 e. The molecule has 0 bridgehead atoms. The maximum atomic E-state index is 12.8. The average molecular weight is 470 g/mol. The van der Waals surface area contributed by atoms with Gasteiger partial charge in [-0.25, -0.2) is 14.8 Å². The molecule has 4 aromatic rings. The van der Waals surface area contributed by atoms with Crippen LogP contribution >= 0.6 is 0 Å². The molecule has 9 nitrogen and oxygen atoms in total. The van der Waals surface area contributed by atoms with Crippen molar-refractivity contribution in [2.45, 2.75) is 26.6 Å². The summed E-state index contributed by atoms with van der Waals surface area (Å²) in [6.45, 7) is 4.22. The number of carbonyl (C=O) groups excluding carboxylic acids is 1. The van der Waals surface area contributed by atoms with Gasteiger partial charge >= 0.3 is 18.1 Å². The highest BCUT2D eigenvalue weighted by molar-refractivity contribution is 5.98. The molecule has 0 saturated carbocycles. The van der Waals surface area contributed by atoms with E-state index < -0.39 is 17.8 Å². The third kappa shape index (κ3) is 5.34. The normalized spacial score (nSPS) is 11.3. The number of anilines is 2. The van der Waals surface area contributed by atoms with Crippen molar-refractivity contribution >= 4 is 17.6 Å². The van der Waals surface area contributed by atoms with Crippen molar-refractivity contribution < 1.29 is 27.2 Å². The zero-order valence-corrected chi connectivity index (χ0v) is 18.1. The van der Waals surface area contributed by atoms with Crippen LogP contribution in [0.25, 0.3) is 11.1 Å². The summed E-state index contributed by atoms with van der Waals surface area (Å²) in [6.07, 6.45) is 0.195. The first-order chi connectivity index (χ1) is 16.2. The first-order valence-corrected chi connectivity index (χ1v) is 10.0. The van der Waals surface area contributed by atoms with Gasteiger partial charge < -0.3 is 5.32 Å². The Morgan fingerprint density at radius 3 is 2.44 bits per heavy atom. The molecule has 3 heterocycles. The topological polar surface area (TPSA) is 110 Å². The van der Waals surface area contributed by atoms with Gasteiger partial charge in [-0.3, -0.25) is 14.8 Å². The monoisotopic (exact) mass is 470 g/mol. The van der Waals surface area contributed by atoms with Gasteiger partial charge in [0.05, 0.1) is 17.4 Å². The number of hydrogen-bond donors (Lipinski definition) is 2. The lowest BCUT2D eigenvalue weighted by Gasteiger charge is -2.08. The number of aromatic nitrogens is 5. The summed E-state index contributed by atoms with van der Waals surface area (Å²) in [5.74, 6) is 0.0155. The Kier molecular flexibility index (Phi) is 6.21. The molecule has 12 heteroatoms. The summed E-state index contributed by atoms with van der Waals surface area (Å²) in [4.78, 5) is 24.1. The van der Waals surface area contributed by atoms with Crippen LogP contribution in [0.4, 0.5) is 29.5 Å². The number of amides is 2. The lowest BCUT2D eigenvalue weighted by molar-refractivity contribution is -0.754. The van der Waals surface area contributed by atoms with Crippen molar-refractivity contribution in [3.8, 4) is 11.1 Å². The molecule has 0 unspecified atom stereocenters. The summed E-state index contributed by atoms with van der Waals surface area (Å²) in [7, 11) is 0. The van der Waals surface area contributed by atoms with Crippen LogP contribution in [0.1, 0.15) is 22.5 Å². The zero-order chi connectivity index (χ0) is 24.3. The Morgan fingerprint density at radius 2 is 1.76 bits per heavy atom. The van der Waals surface area contributed by atoms with E-state index in [4.69, 9.17) is 4.52 Å². The van der Waals surface area contributed by atoms with Crippen LogP contribution in [0.2, 0.25) is 0 Å². The summed E-state index contributed by atoms with van der Waals surface area (Å²) in [5.41, 5.74) is 3.60. The van der Waals surface area contributed by atoms with E-state index in [0.717, 1.165) is 40.3 Å². The maximum absolute atomic E-state index is 12.8. The van der Waals surface area contributed by atoms with E-state index in [9.17, 15) is 18.0 Å². The molecule has 0 aliphatic heterocycles. The van der Waals surface area contributed by atoms with Crippen LogP contribution < -0.4 is 15.3 Å². The molecule has 0 aliphatic rings. The summed E-state index contributed by atoms with van der Waals surface area (Å²) < 4.78 is 44.9. The molecule has 0 spiro atoms. The van der Waals surface area contributed by atoms with E-state index in [1.165, 1.54) is 17.2 Å². The zero-order valence-electron chi connectivity index (χ0n) is 18.1. The molecule has 4 rings (SSSR count). The minimum absolute atomic E-state index is 0.0155. The summed E-state index contributed by atoms with van der Waals surface area (Å²) in [6, 6.07) is 7.77. The first-order valence-electron chi connectivity index (χ1n) is 10.0. The van der Waals surface area contributed by atoms with Gasteiger partial charge in [0.15, 0.2) is 0 Å². The van der Waals surface area contributed by atoms with Crippen molar-refractivity contribution in [1.82, 2.24) is 20.2 Å². The molecule has 0 aliphatic carbocycles. The van der Waals surface area contributed by atoms with Crippen molar-refractivity contribution in [3.63, 3.8) is 0 Å². The smallest absolute Gasteiger partial charge is 0.306 e. The Balaban J connectivity index is 1.38. The van der Waals surface area contributed by atoms with E-state index in [0.29, 0.717) is 12.7 Å². The molecule has 3 aromatic heterocycles. The second-order valence-electron chi connectivity index (χ2n) is 7.42.